The van der Waals surface area contributed by atoms with Crippen molar-refractivity contribution in [3.8, 4) is 0 Å². The zero-order valence-corrected chi connectivity index (χ0v) is 14.9. The topological polar surface area (TPSA) is 61.4 Å². The molecule has 142 valence electrons. The maximum atomic E-state index is 13.7. The Bertz CT molecular complexity index is 648. The van der Waals surface area contributed by atoms with Crippen molar-refractivity contribution in [2.45, 2.75) is 51.1 Å². The SMILES string of the molecule is CCN(CC(=O)Nc1c(F)cccc1F)C(=O)C1CC2CCCCC2N1. The van der Waals surface area contributed by atoms with E-state index in [1.165, 1.54) is 23.8 Å². The summed E-state index contributed by atoms with van der Waals surface area (Å²) in [7, 11) is 0. The average molecular weight is 365 g/mol. The van der Waals surface area contributed by atoms with Crippen LogP contribution in [0.1, 0.15) is 39.0 Å². The molecule has 3 rings (SSSR count). The Morgan fingerprint density at radius 3 is 2.58 bits per heavy atom. The van der Waals surface area contributed by atoms with E-state index in [1.807, 2.05) is 0 Å². The van der Waals surface area contributed by atoms with Crippen molar-refractivity contribution in [1.29, 1.82) is 0 Å². The Morgan fingerprint density at radius 1 is 1.23 bits per heavy atom. The summed E-state index contributed by atoms with van der Waals surface area (Å²) in [6.07, 6.45) is 5.42. The van der Waals surface area contributed by atoms with Crippen LogP contribution in [0.4, 0.5) is 14.5 Å². The van der Waals surface area contributed by atoms with Crippen molar-refractivity contribution >= 4 is 17.5 Å². The first kappa shape index (κ1) is 18.8. The molecule has 2 aliphatic rings. The fraction of sp³-hybridized carbons (Fsp3) is 0.579. The van der Waals surface area contributed by atoms with E-state index in [2.05, 4.69) is 10.6 Å². The number of hydrogen-bond acceptors (Lipinski definition) is 3. The second kappa shape index (κ2) is 8.12. The quantitative estimate of drug-likeness (QED) is 0.843. The molecule has 5 nitrogen and oxygen atoms in total. The van der Waals surface area contributed by atoms with Gasteiger partial charge in [0.05, 0.1) is 12.6 Å². The summed E-state index contributed by atoms with van der Waals surface area (Å²) in [6.45, 7) is 1.92. The van der Waals surface area contributed by atoms with E-state index in [0.29, 0.717) is 18.5 Å². The minimum Gasteiger partial charge on any atom is -0.332 e. The van der Waals surface area contributed by atoms with Crippen LogP contribution in [-0.2, 0) is 9.59 Å². The minimum absolute atomic E-state index is 0.119. The molecule has 1 aromatic rings. The molecule has 3 unspecified atom stereocenters. The molecule has 1 aliphatic carbocycles. The fourth-order valence-electron chi connectivity index (χ4n) is 4.05. The van der Waals surface area contributed by atoms with Crippen LogP contribution in [0.25, 0.3) is 0 Å². The number of amides is 2. The average Bonchev–Trinajstić information content (AvgIpc) is 3.06. The first-order valence-corrected chi connectivity index (χ1v) is 9.28. The number of hydrogen-bond donors (Lipinski definition) is 2. The van der Waals surface area contributed by atoms with E-state index < -0.39 is 23.2 Å². The van der Waals surface area contributed by atoms with Crippen molar-refractivity contribution in [1.82, 2.24) is 10.2 Å². The molecule has 1 saturated carbocycles. The molecule has 3 atom stereocenters. The predicted octanol–water partition coefficient (Wildman–Crippen LogP) is 2.67. The first-order chi connectivity index (χ1) is 12.5. The van der Waals surface area contributed by atoms with Crippen LogP contribution in [0.3, 0.4) is 0 Å². The molecule has 2 N–H and O–H groups in total. The van der Waals surface area contributed by atoms with Gasteiger partial charge in [-0.15, -0.1) is 0 Å². The predicted molar refractivity (Wildman–Crippen MR) is 94.5 cm³/mol. The number of carbonyl (C=O) groups is 2. The molecule has 0 radical (unpaired) electrons. The summed E-state index contributed by atoms with van der Waals surface area (Å²) in [5.74, 6) is -1.88. The number of para-hydroxylation sites is 1. The van der Waals surface area contributed by atoms with Crippen molar-refractivity contribution in [2.75, 3.05) is 18.4 Å². The maximum absolute atomic E-state index is 13.7. The number of halogens is 2. The Balaban J connectivity index is 1.60. The number of likely N-dealkylation sites (N-methyl/N-ethyl adjacent to an activating group) is 1. The maximum Gasteiger partial charge on any atom is 0.244 e. The highest BCUT2D eigenvalue weighted by Crippen LogP contribution is 2.33. The van der Waals surface area contributed by atoms with Crippen LogP contribution in [0, 0.1) is 17.6 Å². The number of benzene rings is 1. The van der Waals surface area contributed by atoms with Gasteiger partial charge in [-0.25, -0.2) is 8.78 Å². The highest BCUT2D eigenvalue weighted by Gasteiger charge is 2.39. The second-order valence-corrected chi connectivity index (χ2v) is 7.10. The molecule has 7 heteroatoms. The summed E-state index contributed by atoms with van der Waals surface area (Å²) < 4.78 is 27.3. The standard InChI is InChI=1S/C19H25F2N3O2/c1-2-24(11-17(25)23-18-13(20)7-5-8-14(18)21)19(26)16-10-12-6-3-4-9-15(12)22-16/h5,7-8,12,15-16,22H,2-4,6,9-11H2,1H3,(H,23,25). The normalized spacial score (nSPS) is 24.8. The Morgan fingerprint density at radius 2 is 1.92 bits per heavy atom. The Hall–Kier alpha value is -2.02. The van der Waals surface area contributed by atoms with Gasteiger partial charge in [-0.3, -0.25) is 9.59 Å². The molecule has 1 saturated heterocycles. The number of anilines is 1. The third-order valence-corrected chi connectivity index (χ3v) is 5.42. The molecule has 26 heavy (non-hydrogen) atoms. The second-order valence-electron chi connectivity index (χ2n) is 7.10. The molecule has 2 fully saturated rings. The van der Waals surface area contributed by atoms with Gasteiger partial charge < -0.3 is 15.5 Å². The summed E-state index contributed by atoms with van der Waals surface area (Å²) in [4.78, 5) is 26.4. The van der Waals surface area contributed by atoms with Gasteiger partial charge in [-0.05, 0) is 44.2 Å². The third-order valence-electron chi connectivity index (χ3n) is 5.42. The lowest BCUT2D eigenvalue weighted by molar-refractivity contribution is -0.136. The van der Waals surface area contributed by atoms with Gasteiger partial charge in [0, 0.05) is 12.6 Å². The molecule has 1 heterocycles. The lowest BCUT2D eigenvalue weighted by Crippen LogP contribution is -2.47. The van der Waals surface area contributed by atoms with Crippen LogP contribution in [0.15, 0.2) is 18.2 Å². The van der Waals surface area contributed by atoms with E-state index in [1.54, 1.807) is 6.92 Å². The van der Waals surface area contributed by atoms with E-state index in [0.717, 1.165) is 31.4 Å². The van der Waals surface area contributed by atoms with Crippen LogP contribution in [0.2, 0.25) is 0 Å². The zero-order chi connectivity index (χ0) is 18.7. The molecule has 1 aromatic carbocycles. The summed E-state index contributed by atoms with van der Waals surface area (Å²) in [6, 6.07) is 3.49. The van der Waals surface area contributed by atoms with Crippen LogP contribution >= 0.6 is 0 Å². The minimum atomic E-state index is -0.839. The molecular formula is C19H25F2N3O2. The molecular weight excluding hydrogens is 340 g/mol. The highest BCUT2D eigenvalue weighted by molar-refractivity contribution is 5.95. The number of nitrogens with zero attached hydrogens (tertiary/aromatic N) is 1. The van der Waals surface area contributed by atoms with E-state index >= 15 is 0 Å². The molecule has 0 bridgehead atoms. The summed E-state index contributed by atoms with van der Waals surface area (Å²) in [5, 5.41) is 5.64. The smallest absolute Gasteiger partial charge is 0.244 e. The highest BCUT2D eigenvalue weighted by atomic mass is 19.1. The number of nitrogens with one attached hydrogen (secondary N) is 2. The van der Waals surface area contributed by atoms with Gasteiger partial charge in [0.25, 0.3) is 0 Å². The van der Waals surface area contributed by atoms with Crippen molar-refractivity contribution in [3.63, 3.8) is 0 Å². The van der Waals surface area contributed by atoms with Gasteiger partial charge in [0.1, 0.15) is 17.3 Å². The zero-order valence-electron chi connectivity index (χ0n) is 14.9. The molecule has 1 aliphatic heterocycles. The molecule has 0 spiro atoms. The lowest BCUT2D eigenvalue weighted by Gasteiger charge is -2.25. The number of carbonyl (C=O) groups excluding carboxylic acids is 2. The first-order valence-electron chi connectivity index (χ1n) is 9.28. The molecule has 0 aromatic heterocycles. The Kier molecular flexibility index (Phi) is 5.86. The van der Waals surface area contributed by atoms with E-state index in [-0.39, 0.29) is 18.5 Å². The summed E-state index contributed by atoms with van der Waals surface area (Å²) in [5.41, 5.74) is -0.481. The van der Waals surface area contributed by atoms with Gasteiger partial charge >= 0.3 is 0 Å². The van der Waals surface area contributed by atoms with Crippen molar-refractivity contribution in [3.05, 3.63) is 29.8 Å². The summed E-state index contributed by atoms with van der Waals surface area (Å²) >= 11 is 0. The fourth-order valence-corrected chi connectivity index (χ4v) is 4.05. The third kappa shape index (κ3) is 4.03. The Labute approximate surface area is 152 Å². The van der Waals surface area contributed by atoms with Crippen LogP contribution in [0.5, 0.6) is 0 Å². The van der Waals surface area contributed by atoms with Crippen LogP contribution in [-0.4, -0.2) is 41.9 Å². The van der Waals surface area contributed by atoms with Gasteiger partial charge in [-0.2, -0.15) is 0 Å². The van der Waals surface area contributed by atoms with E-state index in [9.17, 15) is 18.4 Å². The van der Waals surface area contributed by atoms with E-state index in [4.69, 9.17) is 0 Å². The van der Waals surface area contributed by atoms with Crippen molar-refractivity contribution < 1.29 is 18.4 Å². The largest absolute Gasteiger partial charge is 0.332 e. The monoisotopic (exact) mass is 365 g/mol. The number of rotatable bonds is 5. The van der Waals surface area contributed by atoms with Gasteiger partial charge in [0.2, 0.25) is 11.8 Å². The van der Waals surface area contributed by atoms with Crippen LogP contribution < -0.4 is 10.6 Å². The van der Waals surface area contributed by atoms with Gasteiger partial charge in [-0.1, -0.05) is 18.9 Å². The molecule has 2 amide bonds. The number of fused-ring (bicyclic) bond motifs is 1. The van der Waals surface area contributed by atoms with Crippen molar-refractivity contribution in [2.24, 2.45) is 5.92 Å². The van der Waals surface area contributed by atoms with Gasteiger partial charge in [0.15, 0.2) is 0 Å². The lowest BCUT2D eigenvalue weighted by atomic mass is 9.85.